The molecule has 0 unspecified atom stereocenters. The standard InChI is InChI=1S/C18H25N3O2S/c1-8-15-19-16-13(12(3)20-24(23)18(4,5)6)9-11(2)10-14(16)17(22)21(15)7/h9-10H,8H2,1-7H3/t24-/m1/s1. The molecule has 0 fully saturated rings. The fourth-order valence-corrected chi connectivity index (χ4v) is 3.09. The summed E-state index contributed by atoms with van der Waals surface area (Å²) in [7, 11) is 1.74. The highest BCUT2D eigenvalue weighted by Crippen LogP contribution is 2.22. The third-order valence-corrected chi connectivity index (χ3v) is 5.35. The van der Waals surface area contributed by atoms with Crippen LogP contribution in [0.15, 0.2) is 21.3 Å². The summed E-state index contributed by atoms with van der Waals surface area (Å²) in [5.74, 6) is 0.724. The van der Waals surface area contributed by atoms with Crippen LogP contribution in [-0.4, -0.2) is 24.6 Å². The van der Waals surface area contributed by atoms with Crippen molar-refractivity contribution in [1.29, 1.82) is 0 Å². The first-order valence-corrected chi connectivity index (χ1v) is 9.14. The van der Waals surface area contributed by atoms with Crippen molar-refractivity contribution in [3.63, 3.8) is 0 Å². The number of aryl methyl sites for hydroxylation is 2. The third-order valence-electron chi connectivity index (χ3n) is 3.87. The molecule has 0 radical (unpaired) electrons. The molecule has 0 aliphatic carbocycles. The summed E-state index contributed by atoms with van der Waals surface area (Å²) >= 11 is -1.36. The average molecular weight is 347 g/mol. The van der Waals surface area contributed by atoms with E-state index in [0.29, 0.717) is 23.0 Å². The van der Waals surface area contributed by atoms with Crippen LogP contribution in [0, 0.1) is 6.92 Å². The van der Waals surface area contributed by atoms with E-state index in [1.165, 1.54) is 0 Å². The zero-order chi connectivity index (χ0) is 18.2. The second-order valence-corrected chi connectivity index (χ2v) is 8.90. The van der Waals surface area contributed by atoms with E-state index in [1.807, 2.05) is 53.7 Å². The molecule has 2 rings (SSSR count). The van der Waals surface area contributed by atoms with Crippen LogP contribution in [0.1, 0.15) is 51.6 Å². The molecule has 0 spiro atoms. The number of fused-ring (bicyclic) bond motifs is 1. The van der Waals surface area contributed by atoms with E-state index in [2.05, 4.69) is 9.38 Å². The van der Waals surface area contributed by atoms with E-state index in [-0.39, 0.29) is 5.56 Å². The molecule has 1 atom stereocenters. The zero-order valence-corrected chi connectivity index (χ0v) is 16.2. The SMILES string of the molecule is CCc1nc2c(C(C)=N[S@+]([O-])C(C)(C)C)cc(C)cc2c(=O)n1C. The quantitative estimate of drug-likeness (QED) is 0.633. The van der Waals surface area contributed by atoms with Crippen molar-refractivity contribution in [2.24, 2.45) is 11.4 Å². The molecular weight excluding hydrogens is 322 g/mol. The van der Waals surface area contributed by atoms with Gasteiger partial charge in [-0.3, -0.25) is 9.36 Å². The Hall–Kier alpha value is -1.66. The Morgan fingerprint density at radius 2 is 2.00 bits per heavy atom. The smallest absolute Gasteiger partial charge is 0.261 e. The number of hydrogen-bond acceptors (Lipinski definition) is 4. The highest BCUT2D eigenvalue weighted by Gasteiger charge is 2.27. The first-order chi connectivity index (χ1) is 11.1. The Morgan fingerprint density at radius 1 is 1.38 bits per heavy atom. The van der Waals surface area contributed by atoms with E-state index in [1.54, 1.807) is 11.6 Å². The Bertz CT molecular complexity index is 863. The maximum absolute atomic E-state index is 12.6. The molecule has 130 valence electrons. The molecule has 0 amide bonds. The first kappa shape index (κ1) is 18.7. The summed E-state index contributed by atoms with van der Waals surface area (Å²) in [4.78, 5) is 17.3. The van der Waals surface area contributed by atoms with Gasteiger partial charge in [0.25, 0.3) is 5.56 Å². The lowest BCUT2D eigenvalue weighted by atomic mass is 10.0. The first-order valence-electron chi connectivity index (χ1n) is 8.04. The highest BCUT2D eigenvalue weighted by atomic mass is 32.2. The normalized spacial score (nSPS) is 14.2. The van der Waals surface area contributed by atoms with E-state index < -0.39 is 16.1 Å². The van der Waals surface area contributed by atoms with Crippen molar-refractivity contribution in [2.75, 3.05) is 0 Å². The largest absolute Gasteiger partial charge is 0.591 e. The molecule has 0 saturated carbocycles. The van der Waals surface area contributed by atoms with Crippen molar-refractivity contribution >= 4 is 28.0 Å². The fourth-order valence-electron chi connectivity index (χ4n) is 2.47. The minimum Gasteiger partial charge on any atom is -0.591 e. The Labute approximate surface area is 146 Å². The molecule has 0 saturated heterocycles. The molecule has 1 heterocycles. The van der Waals surface area contributed by atoms with Gasteiger partial charge < -0.3 is 4.55 Å². The van der Waals surface area contributed by atoms with Crippen LogP contribution in [0.3, 0.4) is 0 Å². The van der Waals surface area contributed by atoms with Crippen LogP contribution in [-0.2, 0) is 24.8 Å². The monoisotopic (exact) mass is 347 g/mol. The fraction of sp³-hybridized carbons (Fsp3) is 0.500. The second-order valence-electron chi connectivity index (χ2n) is 6.99. The molecule has 0 aliphatic heterocycles. The molecule has 1 aromatic carbocycles. The van der Waals surface area contributed by atoms with Crippen LogP contribution < -0.4 is 5.56 Å². The lowest BCUT2D eigenvalue weighted by Gasteiger charge is -2.19. The minimum absolute atomic E-state index is 0.0634. The Morgan fingerprint density at radius 3 is 2.54 bits per heavy atom. The van der Waals surface area contributed by atoms with Gasteiger partial charge in [-0.25, -0.2) is 4.98 Å². The molecule has 1 aromatic heterocycles. The second kappa shape index (κ2) is 6.69. The van der Waals surface area contributed by atoms with Gasteiger partial charge in [-0.1, -0.05) is 11.3 Å². The number of hydrogen-bond donors (Lipinski definition) is 0. The van der Waals surface area contributed by atoms with Crippen molar-refractivity contribution < 1.29 is 4.55 Å². The van der Waals surface area contributed by atoms with E-state index in [4.69, 9.17) is 0 Å². The highest BCUT2D eigenvalue weighted by molar-refractivity contribution is 7.91. The maximum atomic E-state index is 12.6. The topological polar surface area (TPSA) is 70.3 Å². The average Bonchev–Trinajstić information content (AvgIpc) is 2.49. The number of nitrogens with zero attached hydrogens (tertiary/aromatic N) is 3. The number of aromatic nitrogens is 2. The Balaban J connectivity index is 2.77. The van der Waals surface area contributed by atoms with Gasteiger partial charge in [0.1, 0.15) is 21.9 Å². The predicted molar refractivity (Wildman–Crippen MR) is 101 cm³/mol. The Kier molecular flexibility index (Phi) is 5.20. The number of rotatable bonds is 3. The lowest BCUT2D eigenvalue weighted by Crippen LogP contribution is -2.27. The van der Waals surface area contributed by atoms with Crippen LogP contribution >= 0.6 is 0 Å². The lowest BCUT2D eigenvalue weighted by molar-refractivity contribution is 0.561. The summed E-state index contributed by atoms with van der Waals surface area (Å²) in [6, 6.07) is 3.80. The maximum Gasteiger partial charge on any atom is 0.261 e. The van der Waals surface area contributed by atoms with E-state index in [9.17, 15) is 9.35 Å². The van der Waals surface area contributed by atoms with Crippen LogP contribution in [0.5, 0.6) is 0 Å². The summed E-state index contributed by atoms with van der Waals surface area (Å²) in [5.41, 5.74) is 2.94. The molecule has 0 aliphatic rings. The molecule has 5 nitrogen and oxygen atoms in total. The van der Waals surface area contributed by atoms with Crippen molar-refractivity contribution in [1.82, 2.24) is 9.55 Å². The van der Waals surface area contributed by atoms with Crippen molar-refractivity contribution in [3.8, 4) is 0 Å². The van der Waals surface area contributed by atoms with Gasteiger partial charge in [0.2, 0.25) is 0 Å². The van der Waals surface area contributed by atoms with Gasteiger partial charge in [0, 0.05) is 19.0 Å². The van der Waals surface area contributed by atoms with Crippen LogP contribution in [0.2, 0.25) is 0 Å². The van der Waals surface area contributed by atoms with Crippen LogP contribution in [0.4, 0.5) is 0 Å². The minimum atomic E-state index is -1.36. The van der Waals surface area contributed by atoms with Crippen LogP contribution in [0.25, 0.3) is 10.9 Å². The number of benzene rings is 1. The van der Waals surface area contributed by atoms with Gasteiger partial charge in [0.15, 0.2) is 0 Å². The summed E-state index contributed by atoms with van der Waals surface area (Å²) in [5, 5.41) is 0.570. The van der Waals surface area contributed by atoms with Gasteiger partial charge in [-0.15, -0.1) is 0 Å². The summed E-state index contributed by atoms with van der Waals surface area (Å²) < 4.78 is 17.9. The summed E-state index contributed by atoms with van der Waals surface area (Å²) in [6.45, 7) is 11.4. The van der Waals surface area contributed by atoms with Gasteiger partial charge in [0.05, 0.1) is 16.6 Å². The predicted octanol–water partition coefficient (Wildman–Crippen LogP) is 3.08. The molecular formula is C18H25N3O2S. The van der Waals surface area contributed by atoms with Crippen molar-refractivity contribution in [3.05, 3.63) is 39.4 Å². The molecule has 0 N–H and O–H groups in total. The van der Waals surface area contributed by atoms with Gasteiger partial charge in [-0.2, -0.15) is 0 Å². The van der Waals surface area contributed by atoms with E-state index >= 15 is 0 Å². The third kappa shape index (κ3) is 3.54. The van der Waals surface area contributed by atoms with Crippen molar-refractivity contribution in [2.45, 2.75) is 52.7 Å². The molecule has 0 bridgehead atoms. The zero-order valence-electron chi connectivity index (χ0n) is 15.4. The molecule has 6 heteroatoms. The molecule has 24 heavy (non-hydrogen) atoms. The summed E-state index contributed by atoms with van der Waals surface area (Å²) in [6.07, 6.45) is 0.666. The van der Waals surface area contributed by atoms with E-state index in [0.717, 1.165) is 17.0 Å². The molecule has 2 aromatic rings. The van der Waals surface area contributed by atoms with Gasteiger partial charge in [-0.05, 0) is 52.3 Å². The van der Waals surface area contributed by atoms with Gasteiger partial charge >= 0.3 is 0 Å².